The number of rotatable bonds is 29. The average Bonchev–Trinajstić information content (AvgIpc) is 3.82. The molecule has 0 spiro atoms. The normalized spacial score (nSPS) is 25.7. The van der Waals surface area contributed by atoms with Crippen molar-refractivity contribution in [2.45, 2.75) is 140 Å². The lowest BCUT2D eigenvalue weighted by molar-refractivity contribution is -0.273. The molecule has 0 aromatic carbocycles. The highest BCUT2D eigenvalue weighted by Gasteiger charge is 2.50. The van der Waals surface area contributed by atoms with Gasteiger partial charge in [-0.15, -0.1) is 0 Å². The minimum Gasteiger partial charge on any atom is -0.390 e. The molecule has 2 saturated heterocycles. The van der Waals surface area contributed by atoms with Crippen LogP contribution in [0.15, 0.2) is 12.7 Å². The Morgan fingerprint density at radius 3 is 2.36 bits per heavy atom. The molecule has 2 fully saturated rings. The molecule has 12 N–H and O–H groups in total. The maximum absolute atomic E-state index is 12.7. The molecule has 0 saturated carbocycles. The summed E-state index contributed by atoms with van der Waals surface area (Å²) in [5.74, 6) is -1.63. The van der Waals surface area contributed by atoms with Gasteiger partial charge in [0.15, 0.2) is 29.1 Å². The Hall–Kier alpha value is -2.93. The van der Waals surface area contributed by atoms with Gasteiger partial charge in [0.25, 0.3) is 0 Å². The number of unbranched alkanes of at least 4 members (excludes halogenated alkanes) is 2. The number of ether oxygens (including phenoxy) is 3. The molecule has 0 radical (unpaired) electrons. The number of nitrogen functional groups attached to an aromatic ring is 1. The third kappa shape index (κ3) is 18.8. The van der Waals surface area contributed by atoms with Gasteiger partial charge in [-0.3, -0.25) is 37.3 Å². The number of nitrogens with two attached hydrogens (primary N) is 1. The number of carbonyl (C=O) groups excluding carboxylic acids is 4. The van der Waals surface area contributed by atoms with E-state index in [1.165, 1.54) is 13.8 Å². The summed E-state index contributed by atoms with van der Waals surface area (Å²) >= 11 is 0.878. The number of phosphoric acid groups is 3. The number of phosphoric ester groups is 3. The summed E-state index contributed by atoms with van der Waals surface area (Å²) in [5.41, 5.74) is 4.20. The minimum atomic E-state index is -5.61. The Labute approximate surface area is 405 Å². The number of anilines is 1. The molecule has 12 atom stereocenters. The van der Waals surface area contributed by atoms with Crippen molar-refractivity contribution in [1.29, 1.82) is 0 Å². The fraction of sp³-hybridized carbons (Fsp3) is 0.757. The van der Waals surface area contributed by atoms with Crippen LogP contribution in [-0.4, -0.2) is 169 Å². The molecular weight excluding hydrogens is 1020 g/mol. The highest BCUT2D eigenvalue weighted by atomic mass is 32.2. The van der Waals surface area contributed by atoms with E-state index in [-0.39, 0.29) is 78.5 Å². The SMILES string of the molecule is C[C@H](CCCCCC(=O)CC(=O)SCCNC(=O)CCNC(=O)[C@H](O)C(C)(C)COP(=O)(O)OP(=O)(O)OC[C@H]1O[C@@H](n2cnc3c(N)ncnc32)[C@H](O)[C@@H]1OP(=O)(O)O)O[C@@H]1O[C@@H](C)[C@H](O)C[C@H]1O. The first kappa shape index (κ1) is 59.6. The number of thioether (sulfide) groups is 1. The van der Waals surface area contributed by atoms with Gasteiger partial charge in [-0.05, 0) is 26.7 Å². The van der Waals surface area contributed by atoms with Gasteiger partial charge in [0.05, 0.1) is 44.3 Å². The smallest absolute Gasteiger partial charge is 0.390 e. The number of Topliss-reactive ketones (excluding diaryl/α,β-unsaturated/α-hetero) is 1. The van der Waals surface area contributed by atoms with E-state index in [4.69, 9.17) is 29.0 Å². The summed E-state index contributed by atoms with van der Waals surface area (Å²) in [4.78, 5) is 101. The Balaban J connectivity index is 1.09. The van der Waals surface area contributed by atoms with Crippen molar-refractivity contribution in [2.24, 2.45) is 5.41 Å². The molecule has 4 heterocycles. The molecule has 0 aliphatic carbocycles. The van der Waals surface area contributed by atoms with Crippen molar-refractivity contribution in [2.75, 3.05) is 37.8 Å². The molecule has 398 valence electrons. The van der Waals surface area contributed by atoms with Crippen LogP contribution in [0.1, 0.15) is 85.3 Å². The van der Waals surface area contributed by atoms with Gasteiger partial charge >= 0.3 is 23.5 Å². The zero-order valence-corrected chi connectivity index (χ0v) is 42.0. The zero-order chi connectivity index (χ0) is 52.2. The van der Waals surface area contributed by atoms with Crippen LogP contribution < -0.4 is 16.4 Å². The lowest BCUT2D eigenvalue weighted by atomic mass is 9.87. The summed E-state index contributed by atoms with van der Waals surface area (Å²) in [6, 6.07) is 0. The standard InChI is InChI=1S/C37H62N7O22P3S/c1-20(62-36-24(47)15-23(46)21(2)63-36)8-6-5-7-9-22(45)14-27(49)70-13-12-39-26(48)10-11-40-34(52)31(51)37(3,4)17-61-69(58,59)66-68(56,57)60-16-25-30(65-67(53,54)55)29(50)35(64-25)44-19-43-28-32(38)41-18-42-33(28)44/h18-21,23-25,29-31,35-36,46-47,50-51H,5-17H2,1-4H3,(H,39,48)(H,40,52)(H,56,57)(H,58,59)(H2,38,41,42)(H2,53,54,55)/t20-,21+,23-,24-,25-,29-,30-,31+,35-,36-/m1/s1. The lowest BCUT2D eigenvalue weighted by Crippen LogP contribution is -2.48. The van der Waals surface area contributed by atoms with Crippen molar-refractivity contribution >= 4 is 74.9 Å². The summed E-state index contributed by atoms with van der Waals surface area (Å²) in [7, 11) is -16.5. The number of aromatic nitrogens is 4. The number of carbonyl (C=O) groups is 4. The van der Waals surface area contributed by atoms with Gasteiger partial charge in [0.1, 0.15) is 48.1 Å². The van der Waals surface area contributed by atoms with Crippen molar-refractivity contribution in [1.82, 2.24) is 30.2 Å². The topological polar surface area (TPSA) is 440 Å². The largest absolute Gasteiger partial charge is 0.481 e. The van der Waals surface area contributed by atoms with E-state index in [0.717, 1.165) is 41.8 Å². The number of fused-ring (bicyclic) bond motifs is 1. The molecule has 2 aromatic rings. The molecule has 0 bridgehead atoms. The van der Waals surface area contributed by atoms with Gasteiger partial charge in [-0.2, -0.15) is 4.31 Å². The first-order valence-corrected chi connectivity index (χ1v) is 27.3. The van der Waals surface area contributed by atoms with Crippen LogP contribution in [0.25, 0.3) is 11.2 Å². The number of amides is 2. The van der Waals surface area contributed by atoms with E-state index < -0.39 is 109 Å². The number of nitrogens with one attached hydrogen (secondary N) is 2. The quantitative estimate of drug-likeness (QED) is 0.0286. The van der Waals surface area contributed by atoms with Crippen LogP contribution in [0.2, 0.25) is 0 Å². The number of aliphatic hydroxyl groups is 4. The fourth-order valence-electron chi connectivity index (χ4n) is 6.89. The van der Waals surface area contributed by atoms with Crippen molar-refractivity contribution in [3.8, 4) is 0 Å². The maximum Gasteiger partial charge on any atom is 0.481 e. The first-order valence-electron chi connectivity index (χ1n) is 21.8. The average molecular weight is 1080 g/mol. The molecule has 33 heteroatoms. The molecule has 4 rings (SSSR count). The predicted molar refractivity (Wildman–Crippen MR) is 241 cm³/mol. The minimum absolute atomic E-state index is 0.0169. The number of nitrogens with zero attached hydrogens (tertiary/aromatic N) is 4. The molecule has 29 nitrogen and oxygen atoms in total. The van der Waals surface area contributed by atoms with Crippen LogP contribution in [-0.2, 0) is 65.0 Å². The van der Waals surface area contributed by atoms with Gasteiger partial charge in [0, 0.05) is 43.5 Å². The van der Waals surface area contributed by atoms with Crippen LogP contribution >= 0.6 is 35.2 Å². The third-order valence-electron chi connectivity index (χ3n) is 10.7. The molecular formula is C37H62N7O22P3S. The second-order valence-electron chi connectivity index (χ2n) is 17.1. The summed E-state index contributed by atoms with van der Waals surface area (Å²) in [6.07, 6.45) is -7.45. The van der Waals surface area contributed by atoms with E-state index in [9.17, 15) is 72.9 Å². The lowest BCUT2D eigenvalue weighted by Gasteiger charge is -2.36. The highest BCUT2D eigenvalue weighted by Crippen LogP contribution is 2.61. The van der Waals surface area contributed by atoms with E-state index in [1.54, 1.807) is 6.92 Å². The monoisotopic (exact) mass is 1080 g/mol. The second-order valence-corrected chi connectivity index (χ2v) is 22.5. The van der Waals surface area contributed by atoms with Crippen LogP contribution in [0.3, 0.4) is 0 Å². The van der Waals surface area contributed by atoms with Gasteiger partial charge in [0.2, 0.25) is 11.8 Å². The van der Waals surface area contributed by atoms with Crippen LogP contribution in [0.5, 0.6) is 0 Å². The zero-order valence-electron chi connectivity index (χ0n) is 38.5. The number of ketones is 1. The van der Waals surface area contributed by atoms with Gasteiger partial charge in [-0.25, -0.2) is 28.6 Å². The maximum atomic E-state index is 12.7. The molecule has 2 aliphatic rings. The van der Waals surface area contributed by atoms with Crippen molar-refractivity contribution in [3.63, 3.8) is 0 Å². The Morgan fingerprint density at radius 2 is 1.66 bits per heavy atom. The van der Waals surface area contributed by atoms with Crippen molar-refractivity contribution < 1.29 is 105 Å². The molecule has 2 aliphatic heterocycles. The molecule has 2 aromatic heterocycles. The van der Waals surface area contributed by atoms with Crippen LogP contribution in [0.4, 0.5) is 5.82 Å². The predicted octanol–water partition coefficient (Wildman–Crippen LogP) is -0.164. The summed E-state index contributed by atoms with van der Waals surface area (Å²) in [6.45, 7) is 3.74. The second kappa shape index (κ2) is 26.3. The van der Waals surface area contributed by atoms with Gasteiger partial charge in [-0.1, -0.05) is 38.5 Å². The number of aliphatic hydroxyl groups excluding tert-OH is 4. The summed E-state index contributed by atoms with van der Waals surface area (Å²) in [5, 5.41) is 46.0. The van der Waals surface area contributed by atoms with Gasteiger partial charge < -0.3 is 70.6 Å². The Bertz CT molecular complexity index is 2240. The first-order chi connectivity index (χ1) is 32.6. The number of hydrogen-bond acceptors (Lipinski definition) is 23. The van der Waals surface area contributed by atoms with E-state index >= 15 is 0 Å². The molecule has 2 amide bonds. The van der Waals surface area contributed by atoms with Crippen LogP contribution in [0, 0.1) is 5.41 Å². The Kier molecular flexibility index (Phi) is 22.4. The molecule has 2 unspecified atom stereocenters. The number of imidazole rings is 1. The fourth-order valence-corrected chi connectivity index (χ4v) is 10.4. The Morgan fingerprint density at radius 1 is 0.957 bits per heavy atom. The third-order valence-corrected chi connectivity index (χ3v) is 14.7. The summed E-state index contributed by atoms with van der Waals surface area (Å²) < 4.78 is 73.6. The highest BCUT2D eigenvalue weighted by molar-refractivity contribution is 8.13. The van der Waals surface area contributed by atoms with E-state index in [2.05, 4.69) is 34.4 Å². The van der Waals surface area contributed by atoms with Crippen molar-refractivity contribution in [3.05, 3.63) is 12.7 Å². The number of hydrogen-bond donors (Lipinski definition) is 11. The van der Waals surface area contributed by atoms with E-state index in [1.807, 2.05) is 6.92 Å². The van der Waals surface area contributed by atoms with E-state index in [0.29, 0.717) is 12.8 Å². The molecule has 70 heavy (non-hydrogen) atoms.